The van der Waals surface area contributed by atoms with Crippen molar-refractivity contribution in [3.05, 3.63) is 0 Å². The Labute approximate surface area is 132 Å². The summed E-state index contributed by atoms with van der Waals surface area (Å²) in [5, 5.41) is 28.0. The second kappa shape index (κ2) is 10.2. The number of aliphatic hydroxyl groups is 2. The molecule has 0 aromatic heterocycles. The largest absolute Gasteiger partial charge is 0.481 e. The molecule has 1 saturated heterocycles. The van der Waals surface area contributed by atoms with Gasteiger partial charge in [0.05, 0.1) is 18.3 Å². The molecule has 1 fully saturated rings. The third-order valence-corrected chi connectivity index (χ3v) is 4.06. The van der Waals surface area contributed by atoms with Gasteiger partial charge < -0.3 is 24.8 Å². The van der Waals surface area contributed by atoms with Crippen LogP contribution < -0.4 is 0 Å². The highest BCUT2D eigenvalue weighted by Crippen LogP contribution is 2.23. The number of ether oxygens (including phenoxy) is 2. The van der Waals surface area contributed by atoms with Gasteiger partial charge in [-0.05, 0) is 26.7 Å². The number of hydrogen-bond donors (Lipinski definition) is 3. The van der Waals surface area contributed by atoms with Crippen molar-refractivity contribution in [2.75, 3.05) is 0 Å². The highest BCUT2D eigenvalue weighted by molar-refractivity contribution is 5.66. The second-order valence-corrected chi connectivity index (χ2v) is 6.23. The van der Waals surface area contributed by atoms with E-state index in [0.29, 0.717) is 0 Å². The normalized spacial score (nSPS) is 30.2. The maximum Gasteiger partial charge on any atom is 0.303 e. The first-order valence-electron chi connectivity index (χ1n) is 8.29. The summed E-state index contributed by atoms with van der Waals surface area (Å²) in [5.74, 6) is -0.729. The molecule has 1 rings (SSSR count). The topological polar surface area (TPSA) is 96.2 Å². The van der Waals surface area contributed by atoms with Crippen molar-refractivity contribution < 1.29 is 29.6 Å². The zero-order valence-electron chi connectivity index (χ0n) is 13.6. The van der Waals surface area contributed by atoms with Crippen molar-refractivity contribution in [3.8, 4) is 0 Å². The van der Waals surface area contributed by atoms with Crippen molar-refractivity contribution in [2.45, 2.75) is 95.9 Å². The van der Waals surface area contributed by atoms with Crippen LogP contribution in [0.1, 0.15) is 65.2 Å². The fraction of sp³-hybridized carbons (Fsp3) is 0.938. The molecule has 5 atom stereocenters. The third kappa shape index (κ3) is 7.54. The lowest BCUT2D eigenvalue weighted by Crippen LogP contribution is -2.48. The van der Waals surface area contributed by atoms with Crippen molar-refractivity contribution in [3.63, 3.8) is 0 Å². The Balaban J connectivity index is 2.08. The molecule has 1 aliphatic heterocycles. The van der Waals surface area contributed by atoms with Gasteiger partial charge in [-0.2, -0.15) is 0 Å². The third-order valence-electron chi connectivity index (χ3n) is 4.06. The summed E-state index contributed by atoms with van der Waals surface area (Å²) >= 11 is 0. The molecule has 1 heterocycles. The number of carboxylic acids is 1. The molecule has 1 aliphatic rings. The summed E-state index contributed by atoms with van der Waals surface area (Å²) in [6, 6.07) is 0. The number of carbonyl (C=O) groups is 1. The predicted molar refractivity (Wildman–Crippen MR) is 81.5 cm³/mol. The van der Waals surface area contributed by atoms with Gasteiger partial charge in [-0.25, -0.2) is 0 Å². The molecule has 0 spiro atoms. The van der Waals surface area contributed by atoms with E-state index in [-0.39, 0.29) is 25.0 Å². The van der Waals surface area contributed by atoms with Gasteiger partial charge in [0.25, 0.3) is 0 Å². The van der Waals surface area contributed by atoms with Crippen LogP contribution in [0.3, 0.4) is 0 Å². The second-order valence-electron chi connectivity index (χ2n) is 6.23. The van der Waals surface area contributed by atoms with Gasteiger partial charge in [0.15, 0.2) is 6.29 Å². The summed E-state index contributed by atoms with van der Waals surface area (Å²) in [5.41, 5.74) is 0. The summed E-state index contributed by atoms with van der Waals surface area (Å²) in [6.45, 7) is 3.73. The van der Waals surface area contributed by atoms with Crippen LogP contribution in [0.4, 0.5) is 0 Å². The lowest BCUT2D eigenvalue weighted by Gasteiger charge is -2.36. The van der Waals surface area contributed by atoms with E-state index in [4.69, 9.17) is 14.6 Å². The number of aliphatic hydroxyl groups excluding tert-OH is 2. The molecule has 22 heavy (non-hydrogen) atoms. The van der Waals surface area contributed by atoms with Gasteiger partial charge in [0, 0.05) is 12.8 Å². The van der Waals surface area contributed by atoms with Crippen LogP contribution in [-0.2, 0) is 14.3 Å². The minimum atomic E-state index is -0.787. The maximum atomic E-state index is 10.4. The van der Waals surface area contributed by atoms with Crippen molar-refractivity contribution in [2.24, 2.45) is 0 Å². The molecule has 3 N–H and O–H groups in total. The van der Waals surface area contributed by atoms with Crippen LogP contribution in [0.5, 0.6) is 0 Å². The van der Waals surface area contributed by atoms with E-state index in [2.05, 4.69) is 0 Å². The molecule has 6 heteroatoms. The van der Waals surface area contributed by atoms with Crippen LogP contribution in [-0.4, -0.2) is 52.0 Å². The average molecular weight is 318 g/mol. The smallest absolute Gasteiger partial charge is 0.303 e. The molecule has 0 saturated carbocycles. The minimum Gasteiger partial charge on any atom is -0.481 e. The van der Waals surface area contributed by atoms with Gasteiger partial charge in [-0.15, -0.1) is 0 Å². The van der Waals surface area contributed by atoms with E-state index < -0.39 is 24.5 Å². The molecule has 0 aliphatic carbocycles. The first-order chi connectivity index (χ1) is 10.4. The van der Waals surface area contributed by atoms with Crippen LogP contribution in [0.25, 0.3) is 0 Å². The van der Waals surface area contributed by atoms with E-state index in [1.54, 1.807) is 6.92 Å². The minimum absolute atomic E-state index is 0.0129. The molecular weight excluding hydrogens is 288 g/mol. The standard InChI is InChI=1S/C16H30O6/c1-11(8-6-4-3-5-7-9-15(19)20)21-16-14(18)10-13(17)12(2)22-16/h11-14,16-18H,3-10H2,1-2H3,(H,19,20)/t11-,12+,13-,14-,16-/m1/s1. The molecular formula is C16H30O6. The fourth-order valence-electron chi connectivity index (χ4n) is 2.60. The highest BCUT2D eigenvalue weighted by Gasteiger charge is 2.35. The van der Waals surface area contributed by atoms with Crippen LogP contribution in [0, 0.1) is 0 Å². The maximum absolute atomic E-state index is 10.4. The molecule has 0 aromatic rings. The fourth-order valence-corrected chi connectivity index (χ4v) is 2.60. The summed E-state index contributed by atoms with van der Waals surface area (Å²) in [6.07, 6.45) is 3.76. The molecule has 0 unspecified atom stereocenters. The van der Waals surface area contributed by atoms with E-state index in [9.17, 15) is 15.0 Å². The van der Waals surface area contributed by atoms with Crippen molar-refractivity contribution in [1.82, 2.24) is 0 Å². The van der Waals surface area contributed by atoms with Crippen LogP contribution >= 0.6 is 0 Å². The Morgan fingerprint density at radius 3 is 2.50 bits per heavy atom. The zero-order valence-corrected chi connectivity index (χ0v) is 13.6. The summed E-state index contributed by atoms with van der Waals surface area (Å²) < 4.78 is 11.2. The quantitative estimate of drug-likeness (QED) is 0.534. The van der Waals surface area contributed by atoms with Crippen LogP contribution in [0.2, 0.25) is 0 Å². The van der Waals surface area contributed by atoms with Gasteiger partial charge in [0.1, 0.15) is 6.10 Å². The van der Waals surface area contributed by atoms with Crippen molar-refractivity contribution >= 4 is 5.97 Å². The number of carboxylic acid groups (broad SMARTS) is 1. The lowest BCUT2D eigenvalue weighted by atomic mass is 10.0. The van der Waals surface area contributed by atoms with E-state index in [0.717, 1.165) is 38.5 Å². The Bertz CT molecular complexity index is 322. The Kier molecular flexibility index (Phi) is 8.93. The molecule has 0 aromatic carbocycles. The SMILES string of the molecule is C[C@H](CCCCCCCC(=O)O)O[C@@H]1O[C@@H](C)[C@H](O)C[C@H]1O. The van der Waals surface area contributed by atoms with Gasteiger partial charge in [0.2, 0.25) is 0 Å². The Hall–Kier alpha value is -0.690. The lowest BCUT2D eigenvalue weighted by molar-refractivity contribution is -0.273. The summed E-state index contributed by atoms with van der Waals surface area (Å²) in [4.78, 5) is 10.4. The first-order valence-corrected chi connectivity index (χ1v) is 8.29. The Morgan fingerprint density at radius 1 is 1.18 bits per heavy atom. The monoisotopic (exact) mass is 318 g/mol. The molecule has 0 amide bonds. The van der Waals surface area contributed by atoms with Gasteiger partial charge >= 0.3 is 5.97 Å². The first kappa shape index (κ1) is 19.4. The van der Waals surface area contributed by atoms with E-state index in [1.165, 1.54) is 0 Å². The Morgan fingerprint density at radius 2 is 1.82 bits per heavy atom. The molecule has 0 bridgehead atoms. The predicted octanol–water partition coefficient (Wildman–Crippen LogP) is 2.06. The number of unbranched alkanes of at least 4 members (excludes halogenated alkanes) is 4. The highest BCUT2D eigenvalue weighted by atomic mass is 16.7. The molecule has 0 radical (unpaired) electrons. The van der Waals surface area contributed by atoms with E-state index >= 15 is 0 Å². The molecule has 130 valence electrons. The van der Waals surface area contributed by atoms with E-state index in [1.807, 2.05) is 6.92 Å². The van der Waals surface area contributed by atoms with Gasteiger partial charge in [-0.1, -0.05) is 25.7 Å². The number of aliphatic carboxylic acids is 1. The zero-order chi connectivity index (χ0) is 16.5. The van der Waals surface area contributed by atoms with Crippen LogP contribution in [0.15, 0.2) is 0 Å². The number of hydrogen-bond acceptors (Lipinski definition) is 5. The molecule has 6 nitrogen and oxygen atoms in total. The summed E-state index contributed by atoms with van der Waals surface area (Å²) in [7, 11) is 0. The van der Waals surface area contributed by atoms with Crippen molar-refractivity contribution in [1.29, 1.82) is 0 Å². The average Bonchev–Trinajstić information content (AvgIpc) is 2.43. The number of rotatable bonds is 10. The van der Waals surface area contributed by atoms with Gasteiger partial charge in [-0.3, -0.25) is 4.79 Å².